The first-order valence-electron chi connectivity index (χ1n) is 11.3. The second-order valence-corrected chi connectivity index (χ2v) is 10.9. The summed E-state index contributed by atoms with van der Waals surface area (Å²) < 4.78 is 32.4. The van der Waals surface area contributed by atoms with Crippen LogP contribution in [0.4, 0.5) is 0 Å². The molecule has 0 atom stereocenters. The van der Waals surface area contributed by atoms with E-state index in [0.29, 0.717) is 30.9 Å². The third kappa shape index (κ3) is 6.20. The molecule has 1 amide bonds. The Kier molecular flexibility index (Phi) is 8.26. The molecule has 1 N–H and O–H groups in total. The van der Waals surface area contributed by atoms with Crippen molar-refractivity contribution in [2.24, 2.45) is 0 Å². The van der Waals surface area contributed by atoms with Crippen molar-refractivity contribution in [3.05, 3.63) is 90.0 Å². The van der Waals surface area contributed by atoms with Gasteiger partial charge in [-0.15, -0.1) is 11.8 Å². The Morgan fingerprint density at radius 2 is 1.59 bits per heavy atom. The van der Waals surface area contributed by atoms with Crippen molar-refractivity contribution < 1.29 is 17.9 Å². The average Bonchev–Trinajstić information content (AvgIpc) is 3.43. The van der Waals surface area contributed by atoms with E-state index >= 15 is 0 Å². The number of nitrogens with one attached hydrogen (secondary N) is 1. The molecule has 0 aromatic heterocycles. The highest BCUT2D eigenvalue weighted by molar-refractivity contribution is 7.98. The van der Waals surface area contributed by atoms with Gasteiger partial charge in [-0.05, 0) is 54.8 Å². The zero-order chi connectivity index (χ0) is 23.8. The second-order valence-electron chi connectivity index (χ2n) is 7.96. The van der Waals surface area contributed by atoms with Gasteiger partial charge in [-0.3, -0.25) is 4.79 Å². The Labute approximate surface area is 205 Å². The lowest BCUT2D eigenvalue weighted by atomic mass is 10.2. The van der Waals surface area contributed by atoms with Gasteiger partial charge in [-0.2, -0.15) is 4.31 Å². The van der Waals surface area contributed by atoms with Crippen LogP contribution in [0.3, 0.4) is 0 Å². The number of thioether (sulfide) groups is 1. The lowest BCUT2D eigenvalue weighted by Gasteiger charge is -2.15. The molecule has 0 spiro atoms. The van der Waals surface area contributed by atoms with Gasteiger partial charge in [0, 0.05) is 23.7 Å². The molecular weight excluding hydrogens is 468 g/mol. The molecule has 0 radical (unpaired) electrons. The number of amides is 1. The highest BCUT2D eigenvalue weighted by Crippen LogP contribution is 2.26. The van der Waals surface area contributed by atoms with Gasteiger partial charge >= 0.3 is 0 Å². The van der Waals surface area contributed by atoms with E-state index in [1.165, 1.54) is 9.87 Å². The summed E-state index contributed by atoms with van der Waals surface area (Å²) in [5.74, 6) is 1.21. The number of nitrogens with zero attached hydrogens (tertiary/aromatic N) is 1. The van der Waals surface area contributed by atoms with E-state index < -0.39 is 10.0 Å². The third-order valence-electron chi connectivity index (χ3n) is 5.55. The van der Waals surface area contributed by atoms with E-state index in [4.69, 9.17) is 4.74 Å². The molecular formula is C26H28N2O4S2. The summed E-state index contributed by atoms with van der Waals surface area (Å²) in [7, 11) is -3.43. The third-order valence-corrected chi connectivity index (χ3v) is 8.61. The van der Waals surface area contributed by atoms with Crippen LogP contribution >= 0.6 is 11.8 Å². The normalized spacial score (nSPS) is 14.1. The van der Waals surface area contributed by atoms with E-state index in [0.717, 1.165) is 23.5 Å². The first kappa shape index (κ1) is 24.3. The molecule has 1 aliphatic heterocycles. The fraction of sp³-hybridized carbons (Fsp3) is 0.269. The molecule has 34 heavy (non-hydrogen) atoms. The van der Waals surface area contributed by atoms with Gasteiger partial charge in [-0.25, -0.2) is 8.42 Å². The number of rotatable bonds is 10. The Bertz CT molecular complexity index is 1190. The van der Waals surface area contributed by atoms with Crippen LogP contribution < -0.4 is 10.1 Å². The van der Waals surface area contributed by atoms with Crippen molar-refractivity contribution in [3.8, 4) is 5.75 Å². The molecule has 1 heterocycles. The fourth-order valence-corrected chi connectivity index (χ4v) is 6.25. The Balaban J connectivity index is 1.26. The van der Waals surface area contributed by atoms with Crippen molar-refractivity contribution in [2.75, 3.05) is 26.2 Å². The van der Waals surface area contributed by atoms with Crippen LogP contribution in [0.25, 0.3) is 0 Å². The Morgan fingerprint density at radius 1 is 0.912 bits per heavy atom. The van der Waals surface area contributed by atoms with Crippen LogP contribution in [0.5, 0.6) is 5.75 Å². The van der Waals surface area contributed by atoms with Crippen LogP contribution in [0.1, 0.15) is 28.8 Å². The molecule has 1 aliphatic rings. The first-order chi connectivity index (χ1) is 16.5. The Morgan fingerprint density at radius 3 is 2.32 bits per heavy atom. The van der Waals surface area contributed by atoms with Crippen molar-refractivity contribution in [1.29, 1.82) is 0 Å². The minimum absolute atomic E-state index is 0.146. The lowest BCUT2D eigenvalue weighted by molar-refractivity contribution is 0.0944. The van der Waals surface area contributed by atoms with Gasteiger partial charge in [0.1, 0.15) is 12.4 Å². The molecule has 4 rings (SSSR count). The minimum Gasteiger partial charge on any atom is -0.492 e. The maximum Gasteiger partial charge on any atom is 0.252 e. The number of hydrogen-bond acceptors (Lipinski definition) is 5. The summed E-state index contributed by atoms with van der Waals surface area (Å²) >= 11 is 1.63. The molecule has 1 saturated heterocycles. The highest BCUT2D eigenvalue weighted by atomic mass is 32.2. The number of carbonyl (C=O) groups is 1. The standard InChI is InChI=1S/C26H28N2O4S2/c29-26(24-10-4-5-11-25(24)33-20-21-8-2-1-3-9-21)27-16-19-32-22-12-14-23(15-13-22)34(30,31)28-17-6-7-18-28/h1-5,8-15H,6-7,16-20H2,(H,27,29). The number of benzene rings is 3. The van der Waals surface area contributed by atoms with Crippen molar-refractivity contribution in [1.82, 2.24) is 9.62 Å². The number of carbonyl (C=O) groups excluding carboxylic acids is 1. The van der Waals surface area contributed by atoms with Crippen LogP contribution in [0, 0.1) is 0 Å². The van der Waals surface area contributed by atoms with Crippen molar-refractivity contribution in [3.63, 3.8) is 0 Å². The molecule has 178 valence electrons. The molecule has 0 unspecified atom stereocenters. The summed E-state index contributed by atoms with van der Waals surface area (Å²) in [5.41, 5.74) is 1.84. The average molecular weight is 497 g/mol. The van der Waals surface area contributed by atoms with E-state index in [1.807, 2.05) is 42.5 Å². The second kappa shape index (κ2) is 11.6. The van der Waals surface area contributed by atoms with Crippen LogP contribution in [-0.2, 0) is 15.8 Å². The summed E-state index contributed by atoms with van der Waals surface area (Å²) in [6.07, 6.45) is 1.81. The molecule has 0 saturated carbocycles. The van der Waals surface area contributed by atoms with Crippen LogP contribution in [0.15, 0.2) is 88.7 Å². The SMILES string of the molecule is O=C(NCCOc1ccc(S(=O)(=O)N2CCCC2)cc1)c1ccccc1SCc1ccccc1. The van der Waals surface area contributed by atoms with Gasteiger partial charge in [0.2, 0.25) is 10.0 Å². The summed E-state index contributed by atoms with van der Waals surface area (Å²) in [6.45, 7) is 1.77. The lowest BCUT2D eigenvalue weighted by Crippen LogP contribution is -2.28. The molecule has 0 aliphatic carbocycles. The molecule has 0 bridgehead atoms. The van der Waals surface area contributed by atoms with E-state index in [2.05, 4.69) is 17.4 Å². The van der Waals surface area contributed by atoms with Crippen LogP contribution in [-0.4, -0.2) is 44.9 Å². The van der Waals surface area contributed by atoms with Gasteiger partial charge in [0.15, 0.2) is 0 Å². The molecule has 8 heteroatoms. The predicted molar refractivity (Wildman–Crippen MR) is 135 cm³/mol. The van der Waals surface area contributed by atoms with E-state index in [9.17, 15) is 13.2 Å². The maximum absolute atomic E-state index is 12.7. The van der Waals surface area contributed by atoms with Gasteiger partial charge in [-0.1, -0.05) is 42.5 Å². The van der Waals surface area contributed by atoms with E-state index in [-0.39, 0.29) is 17.4 Å². The van der Waals surface area contributed by atoms with Gasteiger partial charge in [0.25, 0.3) is 5.91 Å². The number of ether oxygens (including phenoxy) is 1. The largest absolute Gasteiger partial charge is 0.492 e. The summed E-state index contributed by atoms with van der Waals surface area (Å²) in [5, 5.41) is 2.90. The van der Waals surface area contributed by atoms with Gasteiger partial charge in [0.05, 0.1) is 17.0 Å². The van der Waals surface area contributed by atoms with Gasteiger partial charge < -0.3 is 10.1 Å². The zero-order valence-electron chi connectivity index (χ0n) is 18.9. The number of sulfonamides is 1. The fourth-order valence-electron chi connectivity index (χ4n) is 3.73. The highest BCUT2D eigenvalue weighted by Gasteiger charge is 2.26. The Hall–Kier alpha value is -2.81. The summed E-state index contributed by atoms with van der Waals surface area (Å²) in [4.78, 5) is 13.9. The minimum atomic E-state index is -3.43. The monoisotopic (exact) mass is 496 g/mol. The van der Waals surface area contributed by atoms with Crippen molar-refractivity contribution in [2.45, 2.75) is 28.4 Å². The maximum atomic E-state index is 12.7. The van der Waals surface area contributed by atoms with Crippen LogP contribution in [0.2, 0.25) is 0 Å². The molecule has 3 aromatic carbocycles. The summed E-state index contributed by atoms with van der Waals surface area (Å²) in [6, 6.07) is 24.2. The topological polar surface area (TPSA) is 75.7 Å². The quantitative estimate of drug-likeness (QED) is 0.329. The smallest absolute Gasteiger partial charge is 0.252 e. The number of hydrogen-bond donors (Lipinski definition) is 1. The molecule has 1 fully saturated rings. The zero-order valence-corrected chi connectivity index (χ0v) is 20.5. The predicted octanol–water partition coefficient (Wildman–Crippen LogP) is 4.57. The molecule has 3 aromatic rings. The van der Waals surface area contributed by atoms with Crippen molar-refractivity contribution >= 4 is 27.7 Å². The van der Waals surface area contributed by atoms with E-state index in [1.54, 1.807) is 36.0 Å². The molecule has 6 nitrogen and oxygen atoms in total. The first-order valence-corrected chi connectivity index (χ1v) is 13.7.